The maximum Gasteiger partial charge on any atom is 0.249 e. The number of unbranched alkanes of at least 4 members (excludes halogenated alkanes) is 19. The first-order chi connectivity index (χ1) is 24.3. The molecule has 0 spiro atoms. The van der Waals surface area contributed by atoms with Crippen molar-refractivity contribution >= 4 is 5.91 Å². The first kappa shape index (κ1) is 46.7. The fraction of sp³-hybridized carbons (Fsp3) is 0.875. The van der Waals surface area contributed by atoms with E-state index in [0.29, 0.717) is 19.3 Å². The Bertz CT molecular complexity index is 855. The lowest BCUT2D eigenvalue weighted by atomic mass is 9.99. The van der Waals surface area contributed by atoms with Crippen LogP contribution in [0, 0.1) is 0 Å². The molecular formula is C40H75NO9. The molecule has 0 unspecified atom stereocenters. The summed E-state index contributed by atoms with van der Waals surface area (Å²) >= 11 is 0. The number of hydrogen-bond donors (Lipinski definition) is 7. The highest BCUT2D eigenvalue weighted by Gasteiger charge is 2.44. The number of ether oxygens (including phenoxy) is 2. The van der Waals surface area contributed by atoms with Crippen LogP contribution in [-0.2, 0) is 14.3 Å². The Kier molecular flexibility index (Phi) is 29.1. The monoisotopic (exact) mass is 714 g/mol. The summed E-state index contributed by atoms with van der Waals surface area (Å²) in [5, 5.41) is 64.3. The Morgan fingerprint density at radius 3 is 1.74 bits per heavy atom. The summed E-state index contributed by atoms with van der Waals surface area (Å²) in [7, 11) is 0. The molecule has 0 saturated carbocycles. The smallest absolute Gasteiger partial charge is 0.249 e. The molecule has 1 amide bonds. The first-order valence-corrected chi connectivity index (χ1v) is 20.2. The molecule has 0 aromatic rings. The lowest BCUT2D eigenvalue weighted by molar-refractivity contribution is -0.302. The second-order valence-electron chi connectivity index (χ2n) is 14.2. The van der Waals surface area contributed by atoms with Gasteiger partial charge in [-0.15, -0.1) is 0 Å². The van der Waals surface area contributed by atoms with E-state index in [4.69, 9.17) is 9.47 Å². The number of rotatable bonds is 32. The van der Waals surface area contributed by atoms with Crippen LogP contribution in [0.15, 0.2) is 24.3 Å². The van der Waals surface area contributed by atoms with Crippen molar-refractivity contribution in [2.75, 3.05) is 13.2 Å². The summed E-state index contributed by atoms with van der Waals surface area (Å²) in [4.78, 5) is 12.9. The molecule has 1 aliphatic rings. The van der Waals surface area contributed by atoms with Crippen LogP contribution in [0.4, 0.5) is 0 Å². The molecule has 7 N–H and O–H groups in total. The van der Waals surface area contributed by atoms with Crippen LogP contribution >= 0.6 is 0 Å². The van der Waals surface area contributed by atoms with Gasteiger partial charge in [0.25, 0.3) is 0 Å². The molecule has 294 valence electrons. The highest BCUT2D eigenvalue weighted by atomic mass is 16.7. The van der Waals surface area contributed by atoms with E-state index in [-0.39, 0.29) is 6.61 Å². The van der Waals surface area contributed by atoms with Gasteiger partial charge in [-0.25, -0.2) is 0 Å². The summed E-state index contributed by atoms with van der Waals surface area (Å²) in [5.74, 6) is -0.628. The molecule has 8 atom stereocenters. The van der Waals surface area contributed by atoms with Crippen molar-refractivity contribution in [1.29, 1.82) is 0 Å². The Balaban J connectivity index is 2.54. The number of amides is 1. The fourth-order valence-corrected chi connectivity index (χ4v) is 6.24. The molecule has 0 aromatic heterocycles. The second kappa shape index (κ2) is 31.2. The highest BCUT2D eigenvalue weighted by Crippen LogP contribution is 2.22. The van der Waals surface area contributed by atoms with Crippen molar-refractivity contribution in [1.82, 2.24) is 5.32 Å². The molecule has 0 aromatic carbocycles. The zero-order chi connectivity index (χ0) is 36.8. The van der Waals surface area contributed by atoms with Gasteiger partial charge in [-0.3, -0.25) is 4.79 Å². The molecule has 1 saturated heterocycles. The summed E-state index contributed by atoms with van der Waals surface area (Å²) in [6, 6.07) is -0.990. The molecule has 0 bridgehead atoms. The molecule has 0 aliphatic carbocycles. The van der Waals surface area contributed by atoms with E-state index in [0.717, 1.165) is 32.1 Å². The zero-order valence-corrected chi connectivity index (χ0v) is 31.5. The minimum absolute atomic E-state index is 0.306. The highest BCUT2D eigenvalue weighted by molar-refractivity contribution is 5.80. The average molecular weight is 714 g/mol. The molecular weight excluding hydrogens is 638 g/mol. The molecule has 1 aliphatic heterocycles. The van der Waals surface area contributed by atoms with Gasteiger partial charge < -0.3 is 45.4 Å². The van der Waals surface area contributed by atoms with E-state index < -0.39 is 61.5 Å². The number of aliphatic hydroxyl groups is 6. The molecule has 0 radical (unpaired) electrons. The van der Waals surface area contributed by atoms with Gasteiger partial charge in [0.05, 0.1) is 25.4 Å². The maximum absolute atomic E-state index is 12.9. The van der Waals surface area contributed by atoms with Crippen LogP contribution in [0.25, 0.3) is 0 Å². The number of hydrogen-bond acceptors (Lipinski definition) is 9. The van der Waals surface area contributed by atoms with Crippen LogP contribution in [0.5, 0.6) is 0 Å². The van der Waals surface area contributed by atoms with E-state index in [9.17, 15) is 35.4 Å². The molecule has 10 nitrogen and oxygen atoms in total. The number of carbonyl (C=O) groups is 1. The second-order valence-corrected chi connectivity index (χ2v) is 14.2. The third kappa shape index (κ3) is 21.9. The van der Waals surface area contributed by atoms with Crippen LogP contribution in [0.1, 0.15) is 162 Å². The van der Waals surface area contributed by atoms with E-state index in [2.05, 4.69) is 31.3 Å². The third-order valence-electron chi connectivity index (χ3n) is 9.64. The molecule has 1 fully saturated rings. The van der Waals surface area contributed by atoms with Gasteiger partial charge in [0.2, 0.25) is 5.91 Å². The predicted molar refractivity (Wildman–Crippen MR) is 199 cm³/mol. The van der Waals surface area contributed by atoms with Crippen molar-refractivity contribution in [2.45, 2.75) is 210 Å². The summed E-state index contributed by atoms with van der Waals surface area (Å²) in [6.45, 7) is 3.54. The van der Waals surface area contributed by atoms with Gasteiger partial charge in [-0.2, -0.15) is 0 Å². The Morgan fingerprint density at radius 2 is 1.18 bits per heavy atom. The largest absolute Gasteiger partial charge is 0.394 e. The lowest BCUT2D eigenvalue weighted by Crippen LogP contribution is -2.60. The van der Waals surface area contributed by atoms with Crippen LogP contribution in [0.2, 0.25) is 0 Å². The van der Waals surface area contributed by atoms with Crippen molar-refractivity contribution in [3.05, 3.63) is 24.3 Å². The Hall–Kier alpha value is -1.37. The standard InChI is InChI=1S/C40H75NO9/c1-3-5-7-9-11-13-15-17-19-20-22-24-26-28-33(43)32(31-49-40-38(47)37(46)36(45)35(30-42)50-40)41-39(48)34(44)29-27-25-23-21-18-16-14-12-10-8-6-4-2/h19-20,26,28,32-38,40,42-47H,3-18,21-25,27,29-31H2,1-2H3,(H,41,48)/b20-19-,28-26+/t32-,33-,34-,35-,36-,37+,38-,40-/m1/s1. The van der Waals surface area contributed by atoms with Gasteiger partial charge in [-0.1, -0.05) is 154 Å². The first-order valence-electron chi connectivity index (χ1n) is 20.2. The predicted octanol–water partition coefficient (Wildman–Crippen LogP) is 6.13. The summed E-state index contributed by atoms with van der Waals surface area (Å²) in [6.07, 6.45) is 24.1. The number of aliphatic hydroxyl groups excluding tert-OH is 6. The van der Waals surface area contributed by atoms with E-state index >= 15 is 0 Å². The minimum Gasteiger partial charge on any atom is -0.394 e. The van der Waals surface area contributed by atoms with E-state index in [1.807, 2.05) is 6.08 Å². The van der Waals surface area contributed by atoms with Gasteiger partial charge in [0.15, 0.2) is 6.29 Å². The average Bonchev–Trinajstić information content (AvgIpc) is 3.11. The molecule has 1 heterocycles. The van der Waals surface area contributed by atoms with Crippen LogP contribution in [-0.4, -0.2) is 98.7 Å². The van der Waals surface area contributed by atoms with Crippen molar-refractivity contribution in [3.63, 3.8) is 0 Å². The lowest BCUT2D eigenvalue weighted by Gasteiger charge is -2.40. The number of nitrogens with one attached hydrogen (secondary N) is 1. The van der Waals surface area contributed by atoms with Gasteiger partial charge >= 0.3 is 0 Å². The van der Waals surface area contributed by atoms with Crippen LogP contribution < -0.4 is 5.32 Å². The fourth-order valence-electron chi connectivity index (χ4n) is 6.24. The minimum atomic E-state index is -1.61. The topological polar surface area (TPSA) is 169 Å². The van der Waals surface area contributed by atoms with Crippen molar-refractivity contribution < 1.29 is 44.9 Å². The van der Waals surface area contributed by atoms with E-state index in [1.165, 1.54) is 96.3 Å². The van der Waals surface area contributed by atoms with E-state index in [1.54, 1.807) is 6.08 Å². The summed E-state index contributed by atoms with van der Waals surface area (Å²) < 4.78 is 11.1. The number of allylic oxidation sites excluding steroid dienone is 3. The SMILES string of the molecule is CCCCCCCCC/C=C\CC/C=C/[C@@H](O)[C@@H](CO[C@@H]1O[C@H](CO)[C@@H](O)[C@H](O)[C@H]1O)NC(=O)[C@H](O)CCCCCCCCCCCCCC. The normalized spacial score (nSPS) is 23.1. The molecule has 1 rings (SSSR count). The van der Waals surface area contributed by atoms with Gasteiger partial charge in [0, 0.05) is 0 Å². The number of carbonyl (C=O) groups excluding carboxylic acids is 1. The Morgan fingerprint density at radius 1 is 0.680 bits per heavy atom. The maximum atomic E-state index is 12.9. The zero-order valence-electron chi connectivity index (χ0n) is 31.5. The summed E-state index contributed by atoms with van der Waals surface area (Å²) in [5.41, 5.74) is 0. The van der Waals surface area contributed by atoms with Gasteiger partial charge in [0.1, 0.15) is 30.5 Å². The van der Waals surface area contributed by atoms with Crippen LogP contribution in [0.3, 0.4) is 0 Å². The third-order valence-corrected chi connectivity index (χ3v) is 9.64. The van der Waals surface area contributed by atoms with Gasteiger partial charge in [-0.05, 0) is 32.1 Å². The van der Waals surface area contributed by atoms with Crippen molar-refractivity contribution in [2.24, 2.45) is 0 Å². The Labute approximate surface area is 303 Å². The quantitative estimate of drug-likeness (QED) is 0.0320. The molecule has 50 heavy (non-hydrogen) atoms. The molecule has 10 heteroatoms. The van der Waals surface area contributed by atoms with Crippen molar-refractivity contribution in [3.8, 4) is 0 Å².